The minimum Gasteiger partial charge on any atom is -0.508 e. The summed E-state index contributed by atoms with van der Waals surface area (Å²) in [5.74, 6) is -0.581. The lowest BCUT2D eigenvalue weighted by atomic mass is 10.1. The lowest BCUT2D eigenvalue weighted by Crippen LogP contribution is -2.17. The third-order valence-corrected chi connectivity index (χ3v) is 1.68. The average Bonchev–Trinajstić information content (AvgIpc) is 2.25. The number of benzene rings is 1. The third kappa shape index (κ3) is 2.70. The fraction of sp³-hybridized carbons (Fsp3) is 0.200. The molecule has 0 unspecified atom stereocenters. The summed E-state index contributed by atoms with van der Waals surface area (Å²) < 4.78 is 4.53. The highest BCUT2D eigenvalue weighted by Crippen LogP contribution is 2.12. The smallest absolute Gasteiger partial charge is 0.360 e. The molecule has 0 aliphatic rings. The van der Waals surface area contributed by atoms with Crippen molar-refractivity contribution in [3.8, 4) is 5.75 Å². The maximum absolute atomic E-state index is 11.3. The van der Waals surface area contributed by atoms with Gasteiger partial charge >= 0.3 is 5.97 Å². The second-order valence-corrected chi connectivity index (χ2v) is 2.66. The first-order chi connectivity index (χ1) is 7.19. The molecule has 80 valence electrons. The molecule has 0 aliphatic carbocycles. The molecule has 1 N–H and O–H groups in total. The van der Waals surface area contributed by atoms with Crippen LogP contribution in [0.15, 0.2) is 29.4 Å². The van der Waals surface area contributed by atoms with Crippen LogP contribution in [-0.2, 0) is 14.4 Å². The van der Waals surface area contributed by atoms with Crippen molar-refractivity contribution in [2.24, 2.45) is 5.16 Å². The molecule has 1 aromatic rings. The summed E-state index contributed by atoms with van der Waals surface area (Å²) in [5, 5.41) is 12.8. The fourth-order valence-electron chi connectivity index (χ4n) is 1.05. The Morgan fingerprint density at radius 1 is 1.40 bits per heavy atom. The predicted molar refractivity (Wildman–Crippen MR) is 53.7 cm³/mol. The van der Waals surface area contributed by atoms with Gasteiger partial charge in [-0.15, -0.1) is 0 Å². The Morgan fingerprint density at radius 2 is 2.13 bits per heavy atom. The number of nitrogens with zero attached hydrogens (tertiary/aromatic N) is 1. The van der Waals surface area contributed by atoms with Gasteiger partial charge in [0.05, 0.1) is 7.11 Å². The second-order valence-electron chi connectivity index (χ2n) is 2.66. The topological polar surface area (TPSA) is 68.1 Å². The Labute approximate surface area is 86.9 Å². The number of hydrogen-bond acceptors (Lipinski definition) is 5. The molecule has 0 aliphatic heterocycles. The summed E-state index contributed by atoms with van der Waals surface area (Å²) in [6.07, 6.45) is 0. The maximum Gasteiger partial charge on any atom is 0.360 e. The minimum absolute atomic E-state index is 0.0101. The highest BCUT2D eigenvalue weighted by atomic mass is 16.6. The molecule has 0 radical (unpaired) electrons. The van der Waals surface area contributed by atoms with Gasteiger partial charge in [0.1, 0.15) is 12.9 Å². The summed E-state index contributed by atoms with van der Waals surface area (Å²) in [4.78, 5) is 15.8. The molecule has 0 saturated heterocycles. The lowest BCUT2D eigenvalue weighted by molar-refractivity contribution is -0.132. The van der Waals surface area contributed by atoms with Gasteiger partial charge in [0.15, 0.2) is 5.71 Å². The van der Waals surface area contributed by atoms with Crippen LogP contribution >= 0.6 is 0 Å². The van der Waals surface area contributed by atoms with Gasteiger partial charge in [-0.2, -0.15) is 0 Å². The molecule has 0 bridgehead atoms. The van der Waals surface area contributed by atoms with Gasteiger partial charge in [0.2, 0.25) is 0 Å². The van der Waals surface area contributed by atoms with E-state index in [1.807, 2.05) is 0 Å². The van der Waals surface area contributed by atoms with Gasteiger partial charge in [-0.1, -0.05) is 17.3 Å². The highest BCUT2D eigenvalue weighted by molar-refractivity contribution is 6.43. The average molecular weight is 209 g/mol. The Kier molecular flexibility index (Phi) is 3.68. The normalized spacial score (nSPS) is 10.9. The monoisotopic (exact) mass is 209 g/mol. The molecule has 0 heterocycles. The van der Waals surface area contributed by atoms with Crippen LogP contribution in [0.1, 0.15) is 5.56 Å². The molecule has 1 rings (SSSR count). The zero-order chi connectivity index (χ0) is 11.3. The van der Waals surface area contributed by atoms with E-state index in [9.17, 15) is 9.90 Å². The third-order valence-electron chi connectivity index (χ3n) is 1.68. The van der Waals surface area contributed by atoms with Crippen LogP contribution in [0.25, 0.3) is 0 Å². The van der Waals surface area contributed by atoms with E-state index in [0.717, 1.165) is 0 Å². The number of phenolic OH excluding ortho intramolecular Hbond substituents is 1. The molecule has 0 aromatic heterocycles. The van der Waals surface area contributed by atoms with Gasteiger partial charge < -0.3 is 14.7 Å². The van der Waals surface area contributed by atoms with Crippen molar-refractivity contribution >= 4 is 11.7 Å². The SMILES string of the molecule is CON=C(C(=O)OC)c1cccc(O)c1. The van der Waals surface area contributed by atoms with Crippen molar-refractivity contribution in [2.45, 2.75) is 0 Å². The van der Waals surface area contributed by atoms with E-state index < -0.39 is 5.97 Å². The fourth-order valence-corrected chi connectivity index (χ4v) is 1.05. The number of hydrogen-bond donors (Lipinski definition) is 1. The summed E-state index contributed by atoms with van der Waals surface area (Å²) in [6, 6.07) is 6.10. The number of carbonyl (C=O) groups is 1. The Balaban J connectivity index is 3.10. The molecule has 5 heteroatoms. The number of ether oxygens (including phenoxy) is 1. The van der Waals surface area contributed by atoms with E-state index in [1.54, 1.807) is 12.1 Å². The van der Waals surface area contributed by atoms with Gasteiger partial charge in [-0.05, 0) is 12.1 Å². The minimum atomic E-state index is -0.623. The summed E-state index contributed by atoms with van der Waals surface area (Å²) in [7, 11) is 2.57. The van der Waals surface area contributed by atoms with Gasteiger partial charge in [-0.25, -0.2) is 4.79 Å². The van der Waals surface area contributed by atoms with Gasteiger partial charge in [0, 0.05) is 5.56 Å². The second kappa shape index (κ2) is 4.99. The molecular weight excluding hydrogens is 198 g/mol. The van der Waals surface area contributed by atoms with Crippen LogP contribution in [0.4, 0.5) is 0 Å². The zero-order valence-electron chi connectivity index (χ0n) is 8.43. The van der Waals surface area contributed by atoms with Crippen molar-refractivity contribution in [1.29, 1.82) is 0 Å². The van der Waals surface area contributed by atoms with Crippen LogP contribution in [-0.4, -0.2) is 31.0 Å². The van der Waals surface area contributed by atoms with Gasteiger partial charge in [-0.3, -0.25) is 0 Å². The van der Waals surface area contributed by atoms with Crippen molar-refractivity contribution in [2.75, 3.05) is 14.2 Å². The molecule has 1 aromatic carbocycles. The molecule has 15 heavy (non-hydrogen) atoms. The van der Waals surface area contributed by atoms with Crippen molar-refractivity contribution < 1.29 is 19.5 Å². The van der Waals surface area contributed by atoms with Crippen LogP contribution in [0.3, 0.4) is 0 Å². The Hall–Kier alpha value is -2.04. The first-order valence-electron chi connectivity index (χ1n) is 4.18. The molecule has 0 saturated carbocycles. The molecule has 5 nitrogen and oxygen atoms in total. The number of phenols is 1. The van der Waals surface area contributed by atoms with Crippen molar-refractivity contribution in [3.63, 3.8) is 0 Å². The largest absolute Gasteiger partial charge is 0.508 e. The van der Waals surface area contributed by atoms with E-state index in [1.165, 1.54) is 26.4 Å². The van der Waals surface area contributed by atoms with Gasteiger partial charge in [0.25, 0.3) is 0 Å². The number of rotatable bonds is 3. The quantitative estimate of drug-likeness (QED) is 0.456. The number of carbonyl (C=O) groups excluding carboxylic acids is 1. The molecule has 0 fully saturated rings. The maximum atomic E-state index is 11.3. The molecule has 0 amide bonds. The van der Waals surface area contributed by atoms with E-state index in [2.05, 4.69) is 14.7 Å². The first-order valence-corrected chi connectivity index (χ1v) is 4.18. The van der Waals surface area contributed by atoms with Crippen LogP contribution in [0.2, 0.25) is 0 Å². The molecular formula is C10H11NO4. The number of esters is 1. The lowest BCUT2D eigenvalue weighted by Gasteiger charge is -2.03. The number of oxime groups is 1. The Bertz CT molecular complexity index is 387. The Morgan fingerprint density at radius 3 is 2.67 bits per heavy atom. The van der Waals surface area contributed by atoms with E-state index in [4.69, 9.17) is 0 Å². The van der Waals surface area contributed by atoms with E-state index in [0.29, 0.717) is 5.56 Å². The number of methoxy groups -OCH3 is 1. The van der Waals surface area contributed by atoms with Crippen LogP contribution < -0.4 is 0 Å². The standard InChI is InChI=1S/C10H11NO4/c1-14-10(13)9(11-15-2)7-4-3-5-8(12)6-7/h3-6,12H,1-2H3. The molecule has 0 spiro atoms. The van der Waals surface area contributed by atoms with Crippen LogP contribution in [0, 0.1) is 0 Å². The summed E-state index contributed by atoms with van der Waals surface area (Å²) >= 11 is 0. The first kappa shape index (κ1) is 11.0. The van der Waals surface area contributed by atoms with E-state index >= 15 is 0 Å². The zero-order valence-corrected chi connectivity index (χ0v) is 8.43. The number of aromatic hydroxyl groups is 1. The van der Waals surface area contributed by atoms with Crippen molar-refractivity contribution in [1.82, 2.24) is 0 Å². The summed E-state index contributed by atoms with van der Waals surface area (Å²) in [6.45, 7) is 0. The van der Waals surface area contributed by atoms with Crippen molar-refractivity contribution in [3.05, 3.63) is 29.8 Å². The molecule has 0 atom stereocenters. The van der Waals surface area contributed by atoms with E-state index in [-0.39, 0.29) is 11.5 Å². The summed E-state index contributed by atoms with van der Waals surface area (Å²) in [5.41, 5.74) is 0.444. The van der Waals surface area contributed by atoms with Crippen LogP contribution in [0.5, 0.6) is 5.75 Å². The highest BCUT2D eigenvalue weighted by Gasteiger charge is 2.15. The predicted octanol–water partition coefficient (Wildman–Crippen LogP) is 0.916.